The summed E-state index contributed by atoms with van der Waals surface area (Å²) in [5, 5.41) is 0. The predicted octanol–water partition coefficient (Wildman–Crippen LogP) is 3.64. The van der Waals surface area contributed by atoms with Gasteiger partial charge in [0.1, 0.15) is 5.82 Å². The molecule has 37 heavy (non-hydrogen) atoms. The molecule has 2 aliphatic rings. The zero-order valence-electron chi connectivity index (χ0n) is 21.3. The highest BCUT2D eigenvalue weighted by Crippen LogP contribution is 2.38. The minimum atomic E-state index is -4.65. The SMILES string of the molecule is CC1COCCN1c1nc(OCC2CCC(C(=O)N(C)C)CC2)cc(-c2cnc(N)cc2C(F)(F)F)n1. The van der Waals surface area contributed by atoms with E-state index in [-0.39, 0.29) is 52.7 Å². The van der Waals surface area contributed by atoms with Crippen LogP contribution >= 0.6 is 0 Å². The molecule has 2 fully saturated rings. The summed E-state index contributed by atoms with van der Waals surface area (Å²) in [5.41, 5.74) is 4.50. The van der Waals surface area contributed by atoms with Gasteiger partial charge >= 0.3 is 6.18 Å². The molecule has 1 atom stereocenters. The molecule has 1 unspecified atom stereocenters. The highest BCUT2D eigenvalue weighted by atomic mass is 19.4. The Morgan fingerprint density at radius 1 is 1.22 bits per heavy atom. The van der Waals surface area contributed by atoms with Crippen LogP contribution in [0, 0.1) is 11.8 Å². The molecule has 2 N–H and O–H groups in total. The molecule has 3 heterocycles. The van der Waals surface area contributed by atoms with Crippen LogP contribution in [0.25, 0.3) is 11.3 Å². The Morgan fingerprint density at radius 3 is 2.59 bits per heavy atom. The standard InChI is InChI=1S/C25H33F3N6O3/c1-15-13-36-9-8-34(15)24-31-20(18-12-30-21(29)10-19(18)25(26,27)28)11-22(32-24)37-14-16-4-6-17(7-5-16)23(35)33(2)3/h10-12,15-17H,4-9,13-14H2,1-3H3,(H2,29,30). The molecule has 1 aliphatic heterocycles. The fourth-order valence-corrected chi connectivity index (χ4v) is 4.83. The number of alkyl halides is 3. The third kappa shape index (κ3) is 6.41. The average Bonchev–Trinajstić information content (AvgIpc) is 2.87. The summed E-state index contributed by atoms with van der Waals surface area (Å²) in [7, 11) is 3.52. The number of morpholine rings is 1. The van der Waals surface area contributed by atoms with Crippen LogP contribution in [0.3, 0.4) is 0 Å². The molecule has 1 saturated heterocycles. The topological polar surface area (TPSA) is 107 Å². The minimum Gasteiger partial charge on any atom is -0.477 e. The largest absolute Gasteiger partial charge is 0.477 e. The zero-order chi connectivity index (χ0) is 26.7. The normalized spacial score (nSPS) is 22.5. The number of hydrogen-bond acceptors (Lipinski definition) is 8. The van der Waals surface area contributed by atoms with Crippen LogP contribution in [0.15, 0.2) is 18.3 Å². The van der Waals surface area contributed by atoms with E-state index in [2.05, 4.69) is 15.0 Å². The molecule has 2 aromatic heterocycles. The molecule has 202 valence electrons. The van der Waals surface area contributed by atoms with Crippen molar-refractivity contribution in [3.8, 4) is 17.1 Å². The van der Waals surface area contributed by atoms with Gasteiger partial charge in [-0.2, -0.15) is 18.2 Å². The summed E-state index contributed by atoms with van der Waals surface area (Å²) >= 11 is 0. The average molecular weight is 523 g/mol. The van der Waals surface area contributed by atoms with E-state index in [1.807, 2.05) is 11.8 Å². The first kappa shape index (κ1) is 26.9. The number of pyridine rings is 1. The number of carbonyl (C=O) groups excluding carboxylic acids is 1. The maximum Gasteiger partial charge on any atom is 0.417 e. The Labute approximate surface area is 214 Å². The van der Waals surface area contributed by atoms with Crippen molar-refractivity contribution in [2.45, 2.75) is 44.8 Å². The molecule has 0 aromatic carbocycles. The highest BCUT2D eigenvalue weighted by Gasteiger charge is 2.35. The molecule has 4 rings (SSSR count). The molecule has 0 radical (unpaired) electrons. The third-order valence-electron chi connectivity index (χ3n) is 6.93. The smallest absolute Gasteiger partial charge is 0.417 e. The number of rotatable bonds is 6. The molecular weight excluding hydrogens is 489 g/mol. The van der Waals surface area contributed by atoms with Crippen LogP contribution in [0.4, 0.5) is 24.9 Å². The van der Waals surface area contributed by atoms with Gasteiger partial charge in [-0.15, -0.1) is 0 Å². The number of anilines is 2. The lowest BCUT2D eigenvalue weighted by molar-refractivity contribution is -0.137. The highest BCUT2D eigenvalue weighted by molar-refractivity contribution is 5.78. The third-order valence-corrected chi connectivity index (χ3v) is 6.93. The van der Waals surface area contributed by atoms with Gasteiger partial charge in [-0.1, -0.05) is 0 Å². The number of ether oxygens (including phenoxy) is 2. The number of carbonyl (C=O) groups is 1. The van der Waals surface area contributed by atoms with Crippen molar-refractivity contribution in [1.82, 2.24) is 19.9 Å². The lowest BCUT2D eigenvalue weighted by Crippen LogP contribution is -2.44. The van der Waals surface area contributed by atoms with Crippen LogP contribution < -0.4 is 15.4 Å². The molecular formula is C25H33F3N6O3. The second kappa shape index (κ2) is 11.1. The van der Waals surface area contributed by atoms with Gasteiger partial charge in [-0.05, 0) is 44.6 Å². The number of nitrogens with zero attached hydrogens (tertiary/aromatic N) is 5. The first-order valence-electron chi connectivity index (χ1n) is 12.4. The maximum atomic E-state index is 13.8. The van der Waals surface area contributed by atoms with Crippen LogP contribution in [0.1, 0.15) is 38.2 Å². The number of nitrogen functional groups attached to an aromatic ring is 1. The van der Waals surface area contributed by atoms with Gasteiger partial charge in [0.2, 0.25) is 17.7 Å². The number of amides is 1. The molecule has 12 heteroatoms. The fourth-order valence-electron chi connectivity index (χ4n) is 4.83. The van der Waals surface area contributed by atoms with Crippen molar-refractivity contribution in [3.63, 3.8) is 0 Å². The van der Waals surface area contributed by atoms with E-state index in [9.17, 15) is 18.0 Å². The van der Waals surface area contributed by atoms with Gasteiger partial charge in [0.15, 0.2) is 0 Å². The quantitative estimate of drug-likeness (QED) is 0.613. The van der Waals surface area contributed by atoms with Crippen LogP contribution in [0.2, 0.25) is 0 Å². The van der Waals surface area contributed by atoms with E-state index >= 15 is 0 Å². The molecule has 0 bridgehead atoms. The van der Waals surface area contributed by atoms with E-state index in [1.165, 1.54) is 6.07 Å². The maximum absolute atomic E-state index is 13.8. The lowest BCUT2D eigenvalue weighted by atomic mass is 9.82. The predicted molar refractivity (Wildman–Crippen MR) is 132 cm³/mol. The summed E-state index contributed by atoms with van der Waals surface area (Å²) in [4.78, 5) is 28.7. The molecule has 1 aliphatic carbocycles. The van der Waals surface area contributed by atoms with Crippen LogP contribution in [-0.2, 0) is 15.7 Å². The Balaban J connectivity index is 1.59. The molecule has 1 amide bonds. The zero-order valence-corrected chi connectivity index (χ0v) is 21.3. The summed E-state index contributed by atoms with van der Waals surface area (Å²) < 4.78 is 53.1. The van der Waals surface area contributed by atoms with Gasteiger partial charge in [0.25, 0.3) is 0 Å². The van der Waals surface area contributed by atoms with Gasteiger partial charge in [-0.3, -0.25) is 4.79 Å². The van der Waals surface area contributed by atoms with Crippen molar-refractivity contribution in [2.24, 2.45) is 11.8 Å². The minimum absolute atomic E-state index is 0.0186. The fraction of sp³-hybridized carbons (Fsp3) is 0.600. The van der Waals surface area contributed by atoms with E-state index in [4.69, 9.17) is 15.2 Å². The lowest BCUT2D eigenvalue weighted by Gasteiger charge is -2.33. The summed E-state index contributed by atoms with van der Waals surface area (Å²) in [6.07, 6.45) is -0.343. The summed E-state index contributed by atoms with van der Waals surface area (Å²) in [6, 6.07) is 2.16. The van der Waals surface area contributed by atoms with Crippen molar-refractivity contribution in [3.05, 3.63) is 23.9 Å². The number of nitrogens with two attached hydrogens (primary N) is 1. The Hall–Kier alpha value is -3.15. The van der Waals surface area contributed by atoms with Crippen molar-refractivity contribution < 1.29 is 27.4 Å². The number of halogens is 3. The van der Waals surface area contributed by atoms with Crippen molar-refractivity contribution in [2.75, 3.05) is 51.1 Å². The Kier molecular flexibility index (Phi) is 8.05. The van der Waals surface area contributed by atoms with Gasteiger partial charge in [0.05, 0.1) is 37.1 Å². The van der Waals surface area contributed by atoms with E-state index in [0.29, 0.717) is 26.4 Å². The van der Waals surface area contributed by atoms with E-state index in [0.717, 1.165) is 37.9 Å². The van der Waals surface area contributed by atoms with Gasteiger partial charge in [0, 0.05) is 44.4 Å². The van der Waals surface area contributed by atoms with Crippen molar-refractivity contribution >= 4 is 17.7 Å². The van der Waals surface area contributed by atoms with Gasteiger partial charge < -0.3 is 25.0 Å². The Bertz CT molecular complexity index is 1110. The summed E-state index contributed by atoms with van der Waals surface area (Å²) in [6.45, 7) is 3.70. The Morgan fingerprint density at radius 2 is 1.95 bits per heavy atom. The van der Waals surface area contributed by atoms with Crippen LogP contribution in [0.5, 0.6) is 5.88 Å². The van der Waals surface area contributed by atoms with Gasteiger partial charge in [-0.25, -0.2) is 9.97 Å². The second-order valence-corrected chi connectivity index (χ2v) is 9.92. The molecule has 2 aromatic rings. The van der Waals surface area contributed by atoms with Crippen LogP contribution in [-0.4, -0.2) is 72.3 Å². The summed E-state index contributed by atoms with van der Waals surface area (Å²) in [5.74, 6) is 0.613. The van der Waals surface area contributed by atoms with E-state index < -0.39 is 11.7 Å². The first-order chi connectivity index (χ1) is 17.5. The first-order valence-corrected chi connectivity index (χ1v) is 12.4. The molecule has 9 nitrogen and oxygen atoms in total. The van der Waals surface area contributed by atoms with E-state index in [1.54, 1.807) is 19.0 Å². The molecule has 0 spiro atoms. The monoisotopic (exact) mass is 522 g/mol. The number of hydrogen-bond donors (Lipinski definition) is 1. The second-order valence-electron chi connectivity index (χ2n) is 9.92. The van der Waals surface area contributed by atoms with Crippen molar-refractivity contribution in [1.29, 1.82) is 0 Å². The number of aromatic nitrogens is 3. The molecule has 1 saturated carbocycles.